The average Bonchev–Trinajstić information content (AvgIpc) is 3.18. The maximum atomic E-state index is 12.2. The van der Waals surface area contributed by atoms with E-state index in [1.807, 2.05) is 6.07 Å². The van der Waals surface area contributed by atoms with Gasteiger partial charge >= 0.3 is 0 Å². The number of carbonyl (C=O) groups is 1. The smallest absolute Gasteiger partial charge is 0.254 e. The highest BCUT2D eigenvalue weighted by Gasteiger charge is 2.53. The zero-order valence-corrected chi connectivity index (χ0v) is 10.4. The van der Waals surface area contributed by atoms with E-state index in [0.717, 1.165) is 12.8 Å². The third kappa shape index (κ3) is 1.86. The van der Waals surface area contributed by atoms with Gasteiger partial charge in [-0.2, -0.15) is 0 Å². The van der Waals surface area contributed by atoms with Gasteiger partial charge in [0.1, 0.15) is 11.4 Å². The zero-order chi connectivity index (χ0) is 12.8. The Hall–Kier alpha value is -1.55. The number of carbonyl (C=O) groups excluding carboxylic acids is 1. The molecule has 1 aliphatic carbocycles. The molecule has 96 valence electrons. The molecule has 1 aromatic carbocycles. The molecule has 0 spiro atoms. The number of hydrogen-bond donors (Lipinski definition) is 1. The zero-order valence-electron chi connectivity index (χ0n) is 10.4. The number of aliphatic hydroxyl groups is 1. The van der Waals surface area contributed by atoms with Gasteiger partial charge in [0.25, 0.3) is 5.91 Å². The van der Waals surface area contributed by atoms with Crippen LogP contribution in [0.1, 0.15) is 23.2 Å². The van der Waals surface area contributed by atoms with Crippen molar-refractivity contribution in [2.24, 2.45) is 5.92 Å². The van der Waals surface area contributed by atoms with Gasteiger partial charge in [0.05, 0.1) is 20.2 Å². The molecule has 0 aromatic heterocycles. The van der Waals surface area contributed by atoms with Crippen LogP contribution in [0.5, 0.6) is 5.75 Å². The van der Waals surface area contributed by atoms with Gasteiger partial charge in [-0.05, 0) is 37.0 Å². The first-order chi connectivity index (χ1) is 8.62. The monoisotopic (exact) mass is 247 g/mol. The summed E-state index contributed by atoms with van der Waals surface area (Å²) >= 11 is 0. The molecule has 3 rings (SSSR count). The molecular formula is C14H17NO3. The summed E-state index contributed by atoms with van der Waals surface area (Å²) in [5, 5.41) is 10.2. The van der Waals surface area contributed by atoms with E-state index in [1.54, 1.807) is 30.2 Å². The largest absolute Gasteiger partial charge is 0.497 e. The third-order valence-electron chi connectivity index (χ3n) is 3.87. The van der Waals surface area contributed by atoms with E-state index in [9.17, 15) is 9.90 Å². The maximum Gasteiger partial charge on any atom is 0.254 e. The Bertz CT molecular complexity index is 476. The molecular weight excluding hydrogens is 230 g/mol. The highest BCUT2D eigenvalue weighted by Crippen LogP contribution is 2.44. The first-order valence-corrected chi connectivity index (χ1v) is 6.28. The van der Waals surface area contributed by atoms with Gasteiger partial charge < -0.3 is 14.7 Å². The molecule has 2 fully saturated rings. The Labute approximate surface area is 106 Å². The molecule has 2 aliphatic rings. The minimum absolute atomic E-state index is 0.0285. The fourth-order valence-electron chi connectivity index (χ4n) is 2.58. The minimum Gasteiger partial charge on any atom is -0.497 e. The standard InChI is InChI=1S/C14H17NO3/c1-18-12-4-2-3-10(7-12)13(16)15-8-14(17,9-15)11-5-6-11/h2-4,7,11,17H,5-6,8-9H2,1H3. The normalized spacial score (nSPS) is 21.3. The topological polar surface area (TPSA) is 49.8 Å². The number of benzene rings is 1. The molecule has 4 heteroatoms. The van der Waals surface area contributed by atoms with E-state index in [-0.39, 0.29) is 5.91 Å². The van der Waals surface area contributed by atoms with Crippen molar-refractivity contribution in [2.75, 3.05) is 20.2 Å². The number of amides is 1. The number of methoxy groups -OCH3 is 1. The van der Waals surface area contributed by atoms with Crippen molar-refractivity contribution in [3.05, 3.63) is 29.8 Å². The Morgan fingerprint density at radius 2 is 2.17 bits per heavy atom. The van der Waals surface area contributed by atoms with Gasteiger partial charge in [-0.3, -0.25) is 4.79 Å². The minimum atomic E-state index is -0.617. The molecule has 0 radical (unpaired) electrons. The maximum absolute atomic E-state index is 12.2. The van der Waals surface area contributed by atoms with E-state index < -0.39 is 5.60 Å². The highest BCUT2D eigenvalue weighted by molar-refractivity contribution is 5.95. The van der Waals surface area contributed by atoms with E-state index >= 15 is 0 Å². The second-order valence-corrected chi connectivity index (χ2v) is 5.27. The van der Waals surface area contributed by atoms with Gasteiger partial charge in [0, 0.05) is 5.56 Å². The van der Waals surface area contributed by atoms with Gasteiger partial charge in [-0.1, -0.05) is 6.07 Å². The van der Waals surface area contributed by atoms with Crippen LogP contribution in [0, 0.1) is 5.92 Å². The van der Waals surface area contributed by atoms with Crippen LogP contribution < -0.4 is 4.74 Å². The lowest BCUT2D eigenvalue weighted by molar-refractivity contribution is -0.0958. The van der Waals surface area contributed by atoms with Crippen molar-refractivity contribution < 1.29 is 14.6 Å². The molecule has 1 amide bonds. The number of ether oxygens (including phenoxy) is 1. The number of nitrogens with zero attached hydrogens (tertiary/aromatic N) is 1. The molecule has 1 N–H and O–H groups in total. The predicted octanol–water partition coefficient (Wildman–Crippen LogP) is 1.29. The van der Waals surface area contributed by atoms with Crippen LogP contribution in [0.4, 0.5) is 0 Å². The fraction of sp³-hybridized carbons (Fsp3) is 0.500. The Balaban J connectivity index is 1.68. The molecule has 18 heavy (non-hydrogen) atoms. The van der Waals surface area contributed by atoms with Crippen molar-refractivity contribution in [1.82, 2.24) is 4.90 Å². The first-order valence-electron chi connectivity index (χ1n) is 6.28. The van der Waals surface area contributed by atoms with Crippen LogP contribution in [-0.4, -0.2) is 41.7 Å². The van der Waals surface area contributed by atoms with Gasteiger partial charge in [-0.15, -0.1) is 0 Å². The predicted molar refractivity (Wildman–Crippen MR) is 66.6 cm³/mol. The van der Waals surface area contributed by atoms with Gasteiger partial charge in [0.15, 0.2) is 0 Å². The summed E-state index contributed by atoms with van der Waals surface area (Å²) in [5.41, 5.74) is 0.00123. The van der Waals surface area contributed by atoms with Crippen LogP contribution in [-0.2, 0) is 0 Å². The summed E-state index contributed by atoms with van der Waals surface area (Å²) in [6, 6.07) is 7.13. The summed E-state index contributed by atoms with van der Waals surface area (Å²) in [5.74, 6) is 1.06. The summed E-state index contributed by atoms with van der Waals surface area (Å²) in [7, 11) is 1.58. The first kappa shape index (κ1) is 11.5. The van der Waals surface area contributed by atoms with Crippen LogP contribution in [0.25, 0.3) is 0 Å². The molecule has 1 aromatic rings. The van der Waals surface area contributed by atoms with Crippen LogP contribution >= 0.6 is 0 Å². The molecule has 0 atom stereocenters. The Morgan fingerprint density at radius 1 is 1.44 bits per heavy atom. The number of β-amino-alcohol motifs (C(OH)–C–C–N with tert-alkyl or cyclic N) is 1. The fourth-order valence-corrected chi connectivity index (χ4v) is 2.58. The quantitative estimate of drug-likeness (QED) is 0.875. The Morgan fingerprint density at radius 3 is 2.78 bits per heavy atom. The van der Waals surface area contributed by atoms with E-state index in [2.05, 4.69) is 0 Å². The Kier molecular flexibility index (Phi) is 2.55. The lowest BCUT2D eigenvalue weighted by atomic mass is 9.88. The lowest BCUT2D eigenvalue weighted by Crippen LogP contribution is -2.64. The highest BCUT2D eigenvalue weighted by atomic mass is 16.5. The van der Waals surface area contributed by atoms with Crippen molar-refractivity contribution in [2.45, 2.75) is 18.4 Å². The van der Waals surface area contributed by atoms with Crippen LogP contribution in [0.2, 0.25) is 0 Å². The molecule has 0 bridgehead atoms. The summed E-state index contributed by atoms with van der Waals surface area (Å²) < 4.78 is 5.11. The number of hydrogen-bond acceptors (Lipinski definition) is 3. The van der Waals surface area contributed by atoms with Gasteiger partial charge in [-0.25, -0.2) is 0 Å². The van der Waals surface area contributed by atoms with Crippen molar-refractivity contribution >= 4 is 5.91 Å². The average molecular weight is 247 g/mol. The van der Waals surface area contributed by atoms with Crippen molar-refractivity contribution in [3.63, 3.8) is 0 Å². The lowest BCUT2D eigenvalue weighted by Gasteiger charge is -2.47. The number of likely N-dealkylation sites (tertiary alicyclic amines) is 1. The van der Waals surface area contributed by atoms with Crippen LogP contribution in [0.3, 0.4) is 0 Å². The van der Waals surface area contributed by atoms with Crippen molar-refractivity contribution in [1.29, 1.82) is 0 Å². The molecule has 4 nitrogen and oxygen atoms in total. The third-order valence-corrected chi connectivity index (χ3v) is 3.87. The second kappa shape index (κ2) is 3.99. The van der Waals surface area contributed by atoms with E-state index in [4.69, 9.17) is 4.74 Å². The van der Waals surface area contributed by atoms with E-state index in [1.165, 1.54) is 0 Å². The summed E-state index contributed by atoms with van der Waals surface area (Å²) in [4.78, 5) is 13.9. The van der Waals surface area contributed by atoms with Crippen molar-refractivity contribution in [3.8, 4) is 5.75 Å². The van der Waals surface area contributed by atoms with Gasteiger partial charge in [0.2, 0.25) is 0 Å². The summed E-state index contributed by atoms with van der Waals surface area (Å²) in [6.45, 7) is 0.932. The van der Waals surface area contributed by atoms with Crippen LogP contribution in [0.15, 0.2) is 24.3 Å². The van der Waals surface area contributed by atoms with E-state index in [0.29, 0.717) is 30.3 Å². The molecule has 1 aliphatic heterocycles. The second-order valence-electron chi connectivity index (χ2n) is 5.27. The molecule has 1 heterocycles. The molecule has 0 unspecified atom stereocenters. The SMILES string of the molecule is COc1cccc(C(=O)N2CC(O)(C3CC3)C2)c1. The molecule has 1 saturated heterocycles. The number of rotatable bonds is 3. The summed E-state index contributed by atoms with van der Waals surface area (Å²) in [6.07, 6.45) is 2.19. The molecule has 1 saturated carbocycles.